The molecule has 0 aromatic heterocycles. The summed E-state index contributed by atoms with van der Waals surface area (Å²) in [6, 6.07) is 12.3. The van der Waals surface area contributed by atoms with Gasteiger partial charge in [0, 0.05) is 13.5 Å². The van der Waals surface area contributed by atoms with Gasteiger partial charge >= 0.3 is 5.97 Å². The zero-order chi connectivity index (χ0) is 21.0. The molecule has 1 unspecified atom stereocenters. The van der Waals surface area contributed by atoms with E-state index in [1.807, 2.05) is 0 Å². The molecule has 29 heavy (non-hydrogen) atoms. The van der Waals surface area contributed by atoms with Crippen LogP contribution in [0.2, 0.25) is 0 Å². The Bertz CT molecular complexity index is 1000. The van der Waals surface area contributed by atoms with Crippen molar-refractivity contribution >= 4 is 27.5 Å². The number of hydrogen-bond donors (Lipinski definition) is 0. The standard InChI is InChI=1S/C21H23NO6S/c1-22(17-7-3-5-9-19(17)27-2)29(25,26)16-13-11-15(12-14-16)21(24)28-20-10-6-4-8-18(20)23/h3,5,7,9,11-14,20H,4,6,8,10H2,1-2H3. The molecular formula is C21H23NO6S. The fourth-order valence-electron chi connectivity index (χ4n) is 3.21. The van der Waals surface area contributed by atoms with Crippen LogP contribution >= 0.6 is 0 Å². The molecule has 2 aromatic rings. The summed E-state index contributed by atoms with van der Waals surface area (Å²) in [5, 5.41) is 0. The van der Waals surface area contributed by atoms with Gasteiger partial charge in [0.2, 0.25) is 0 Å². The van der Waals surface area contributed by atoms with Gasteiger partial charge in [-0.05, 0) is 55.7 Å². The van der Waals surface area contributed by atoms with Crippen LogP contribution < -0.4 is 9.04 Å². The van der Waals surface area contributed by atoms with Crippen LogP contribution in [0.5, 0.6) is 5.75 Å². The summed E-state index contributed by atoms with van der Waals surface area (Å²) < 4.78 is 37.6. The minimum Gasteiger partial charge on any atom is -0.495 e. The summed E-state index contributed by atoms with van der Waals surface area (Å²) in [4.78, 5) is 24.2. The number of sulfonamides is 1. The number of esters is 1. The number of para-hydroxylation sites is 2. The second-order valence-corrected chi connectivity index (χ2v) is 8.74. The van der Waals surface area contributed by atoms with Crippen LogP contribution in [-0.2, 0) is 19.6 Å². The predicted molar refractivity (Wildman–Crippen MR) is 108 cm³/mol. The highest BCUT2D eigenvalue weighted by atomic mass is 32.2. The van der Waals surface area contributed by atoms with Crippen LogP contribution in [0.1, 0.15) is 36.0 Å². The molecule has 0 aliphatic heterocycles. The molecule has 154 valence electrons. The number of anilines is 1. The summed E-state index contributed by atoms with van der Waals surface area (Å²) in [6.45, 7) is 0. The van der Waals surface area contributed by atoms with Crippen molar-refractivity contribution in [2.75, 3.05) is 18.5 Å². The number of Topliss-reactive ketones (excluding diaryl/α,β-unsaturated/α-hetero) is 1. The molecule has 1 saturated carbocycles. The maximum absolute atomic E-state index is 13.0. The van der Waals surface area contributed by atoms with E-state index in [0.717, 1.165) is 17.1 Å². The number of ketones is 1. The van der Waals surface area contributed by atoms with Gasteiger partial charge in [0.15, 0.2) is 11.9 Å². The number of methoxy groups -OCH3 is 1. The lowest BCUT2D eigenvalue weighted by Crippen LogP contribution is -2.30. The largest absolute Gasteiger partial charge is 0.495 e. The highest BCUT2D eigenvalue weighted by molar-refractivity contribution is 7.92. The first-order chi connectivity index (χ1) is 13.8. The van der Waals surface area contributed by atoms with Crippen molar-refractivity contribution in [3.63, 3.8) is 0 Å². The molecule has 2 aromatic carbocycles. The summed E-state index contributed by atoms with van der Waals surface area (Å²) in [5.41, 5.74) is 0.594. The molecule has 1 fully saturated rings. The summed E-state index contributed by atoms with van der Waals surface area (Å²) in [5.74, 6) is -0.273. The minimum atomic E-state index is -3.86. The third-order valence-electron chi connectivity index (χ3n) is 4.92. The van der Waals surface area contributed by atoms with E-state index in [9.17, 15) is 18.0 Å². The molecule has 1 aliphatic rings. The highest BCUT2D eigenvalue weighted by Crippen LogP contribution is 2.31. The number of carbonyl (C=O) groups excluding carboxylic acids is 2. The van der Waals surface area contributed by atoms with Gasteiger partial charge in [-0.3, -0.25) is 9.10 Å². The third-order valence-corrected chi connectivity index (χ3v) is 6.71. The molecule has 3 rings (SSSR count). The number of benzene rings is 2. The van der Waals surface area contributed by atoms with Crippen LogP contribution in [-0.4, -0.2) is 40.4 Å². The lowest BCUT2D eigenvalue weighted by Gasteiger charge is -2.22. The molecule has 0 radical (unpaired) electrons. The summed E-state index contributed by atoms with van der Waals surface area (Å²) >= 11 is 0. The Balaban J connectivity index is 1.78. The maximum atomic E-state index is 13.0. The van der Waals surface area contributed by atoms with Crippen LogP contribution in [0, 0.1) is 0 Å². The Morgan fingerprint density at radius 1 is 1.07 bits per heavy atom. The molecule has 0 bridgehead atoms. The van der Waals surface area contributed by atoms with Gasteiger partial charge in [-0.25, -0.2) is 13.2 Å². The Kier molecular flexibility index (Phi) is 6.22. The van der Waals surface area contributed by atoms with E-state index in [2.05, 4.69) is 0 Å². The Morgan fingerprint density at radius 2 is 1.76 bits per heavy atom. The van der Waals surface area contributed by atoms with Gasteiger partial charge in [-0.2, -0.15) is 0 Å². The molecule has 8 heteroatoms. The highest BCUT2D eigenvalue weighted by Gasteiger charge is 2.27. The molecular weight excluding hydrogens is 394 g/mol. The van der Waals surface area contributed by atoms with Gasteiger partial charge < -0.3 is 9.47 Å². The topological polar surface area (TPSA) is 90.0 Å². The molecule has 1 atom stereocenters. The molecule has 7 nitrogen and oxygen atoms in total. The van der Waals surface area contributed by atoms with E-state index < -0.39 is 22.1 Å². The molecule has 0 saturated heterocycles. The fourth-order valence-corrected chi connectivity index (χ4v) is 4.42. The fraction of sp³-hybridized carbons (Fsp3) is 0.333. The number of hydrogen-bond acceptors (Lipinski definition) is 6. The van der Waals surface area contributed by atoms with Crippen molar-refractivity contribution < 1.29 is 27.5 Å². The minimum absolute atomic E-state index is 0.0243. The van der Waals surface area contributed by atoms with E-state index in [1.54, 1.807) is 24.3 Å². The maximum Gasteiger partial charge on any atom is 0.338 e. The normalized spacial score (nSPS) is 16.9. The van der Waals surface area contributed by atoms with Crippen molar-refractivity contribution in [1.29, 1.82) is 0 Å². The smallest absolute Gasteiger partial charge is 0.338 e. The Morgan fingerprint density at radius 3 is 2.41 bits per heavy atom. The average molecular weight is 417 g/mol. The Hall–Kier alpha value is -2.87. The number of rotatable bonds is 6. The first kappa shape index (κ1) is 20.9. The van der Waals surface area contributed by atoms with Gasteiger partial charge in [0.05, 0.1) is 23.3 Å². The lowest BCUT2D eigenvalue weighted by molar-refractivity contribution is -0.129. The number of nitrogens with zero attached hydrogens (tertiary/aromatic N) is 1. The van der Waals surface area contributed by atoms with Crippen LogP contribution in [0.25, 0.3) is 0 Å². The number of ether oxygens (including phenoxy) is 2. The first-order valence-electron chi connectivity index (χ1n) is 9.30. The molecule has 1 aliphatic carbocycles. The van der Waals surface area contributed by atoms with E-state index >= 15 is 0 Å². The molecule has 0 amide bonds. The number of carbonyl (C=O) groups is 2. The monoisotopic (exact) mass is 417 g/mol. The van der Waals surface area contributed by atoms with Crippen molar-refractivity contribution in [3.8, 4) is 5.75 Å². The van der Waals surface area contributed by atoms with E-state index in [0.29, 0.717) is 24.3 Å². The van der Waals surface area contributed by atoms with Gasteiger partial charge in [0.25, 0.3) is 10.0 Å². The Labute approximate surface area is 170 Å². The van der Waals surface area contributed by atoms with E-state index in [4.69, 9.17) is 9.47 Å². The second-order valence-electron chi connectivity index (χ2n) is 6.77. The average Bonchev–Trinajstić information content (AvgIpc) is 2.74. The van der Waals surface area contributed by atoms with Crippen molar-refractivity contribution in [2.45, 2.75) is 36.7 Å². The predicted octanol–water partition coefficient (Wildman–Crippen LogP) is 3.19. The van der Waals surface area contributed by atoms with Crippen molar-refractivity contribution in [2.24, 2.45) is 0 Å². The van der Waals surface area contributed by atoms with Crippen molar-refractivity contribution in [1.82, 2.24) is 0 Å². The van der Waals surface area contributed by atoms with Gasteiger partial charge in [0.1, 0.15) is 5.75 Å². The van der Waals surface area contributed by atoms with Crippen LogP contribution in [0.3, 0.4) is 0 Å². The zero-order valence-electron chi connectivity index (χ0n) is 16.3. The quantitative estimate of drug-likeness (QED) is 0.671. The zero-order valence-corrected chi connectivity index (χ0v) is 17.1. The third kappa shape index (κ3) is 4.42. The van der Waals surface area contributed by atoms with Gasteiger partial charge in [-0.1, -0.05) is 12.1 Å². The van der Waals surface area contributed by atoms with Crippen LogP contribution in [0.15, 0.2) is 53.4 Å². The van der Waals surface area contributed by atoms with Gasteiger partial charge in [-0.15, -0.1) is 0 Å². The van der Waals surface area contributed by atoms with Crippen molar-refractivity contribution in [3.05, 3.63) is 54.1 Å². The van der Waals surface area contributed by atoms with E-state index in [-0.39, 0.29) is 16.2 Å². The first-order valence-corrected chi connectivity index (χ1v) is 10.7. The SMILES string of the molecule is COc1ccccc1N(C)S(=O)(=O)c1ccc(C(=O)OC2CCCCC2=O)cc1. The molecule has 0 spiro atoms. The van der Waals surface area contributed by atoms with E-state index in [1.165, 1.54) is 38.4 Å². The molecule has 0 heterocycles. The summed E-state index contributed by atoms with van der Waals surface area (Å²) in [6.07, 6.45) is 1.90. The molecule has 0 N–H and O–H groups in total. The lowest BCUT2D eigenvalue weighted by atomic mass is 9.96. The second kappa shape index (κ2) is 8.65. The van der Waals surface area contributed by atoms with Crippen LogP contribution in [0.4, 0.5) is 5.69 Å². The summed E-state index contributed by atoms with van der Waals surface area (Å²) in [7, 11) is -0.952.